The highest BCUT2D eigenvalue weighted by molar-refractivity contribution is 7.99. The second kappa shape index (κ2) is 10.7. The van der Waals surface area contributed by atoms with Crippen LogP contribution in [0.1, 0.15) is 45.9 Å². The van der Waals surface area contributed by atoms with Crippen LogP contribution in [0.4, 0.5) is 5.82 Å². The van der Waals surface area contributed by atoms with Crippen molar-refractivity contribution < 1.29 is 18.8 Å². The number of anilines is 1. The Morgan fingerprint density at radius 2 is 1.69 bits per heavy atom. The highest BCUT2D eigenvalue weighted by atomic mass is 32.2. The molecule has 3 heterocycles. The van der Waals surface area contributed by atoms with Gasteiger partial charge in [0.2, 0.25) is 11.8 Å². The van der Waals surface area contributed by atoms with E-state index in [1.165, 1.54) is 4.90 Å². The van der Waals surface area contributed by atoms with Crippen LogP contribution in [0, 0.1) is 0 Å². The van der Waals surface area contributed by atoms with Gasteiger partial charge in [0.25, 0.3) is 17.0 Å². The molecule has 1 aliphatic rings. The highest BCUT2D eigenvalue weighted by Gasteiger charge is 2.32. The van der Waals surface area contributed by atoms with Crippen molar-refractivity contribution >= 4 is 46.1 Å². The van der Waals surface area contributed by atoms with E-state index in [0.29, 0.717) is 47.4 Å². The number of rotatable bonds is 10. The zero-order valence-electron chi connectivity index (χ0n) is 19.3. The molecule has 2 aromatic carbocycles. The molecule has 36 heavy (non-hydrogen) atoms. The van der Waals surface area contributed by atoms with Gasteiger partial charge in [-0.1, -0.05) is 48.5 Å². The number of thioether (sulfide) groups is 1. The monoisotopic (exact) mass is 501 g/mol. The van der Waals surface area contributed by atoms with E-state index < -0.39 is 0 Å². The molecule has 0 aliphatic carbocycles. The zero-order valence-corrected chi connectivity index (χ0v) is 20.2. The first-order valence-electron chi connectivity index (χ1n) is 11.6. The lowest BCUT2D eigenvalue weighted by Gasteiger charge is -2.27. The summed E-state index contributed by atoms with van der Waals surface area (Å²) >= 11 is 1.16. The third kappa shape index (κ3) is 5.13. The number of imide groups is 1. The molecule has 0 saturated heterocycles. The van der Waals surface area contributed by atoms with E-state index in [9.17, 15) is 14.4 Å². The molecule has 182 valence electrons. The summed E-state index contributed by atoms with van der Waals surface area (Å²) in [6, 6.07) is 16.4. The van der Waals surface area contributed by atoms with Crippen molar-refractivity contribution in [3.05, 3.63) is 77.8 Å². The maximum Gasteiger partial charge on any atom is 0.277 e. The summed E-state index contributed by atoms with van der Waals surface area (Å²) in [7, 11) is 0. The minimum atomic E-state index is -0.241. The largest absolute Gasteiger partial charge is 0.416 e. The Bertz CT molecular complexity index is 1370. The van der Waals surface area contributed by atoms with Gasteiger partial charge < -0.3 is 9.73 Å². The van der Waals surface area contributed by atoms with Gasteiger partial charge in [-0.3, -0.25) is 19.3 Å². The second-order valence-corrected chi connectivity index (χ2v) is 9.22. The lowest BCUT2D eigenvalue weighted by atomic mass is 9.94. The topological polar surface area (TPSA) is 118 Å². The van der Waals surface area contributed by atoms with Crippen molar-refractivity contribution in [1.82, 2.24) is 20.1 Å². The molecular formula is C26H23N5O4S. The first kappa shape index (κ1) is 23.7. The Labute approximate surface area is 211 Å². The summed E-state index contributed by atoms with van der Waals surface area (Å²) in [5.41, 5.74) is 1.15. The van der Waals surface area contributed by atoms with Crippen molar-refractivity contribution in [2.45, 2.75) is 30.9 Å². The highest BCUT2D eigenvalue weighted by Crippen LogP contribution is 2.30. The third-order valence-corrected chi connectivity index (χ3v) is 6.65. The van der Waals surface area contributed by atoms with Crippen LogP contribution in [0.2, 0.25) is 0 Å². The standard InChI is InChI=1S/C26H23N5O4S/c32-21(28-20-12-3-4-14-27-20)16-36-26-30-29-22(35-26)13-2-1-5-15-31-24(33)18-10-6-8-17-9-7-11-19(23(17)18)25(31)34/h3-4,6-12,14H,1-2,5,13,15-16H2,(H,27,28,32). The van der Waals surface area contributed by atoms with E-state index in [-0.39, 0.29) is 23.5 Å². The fourth-order valence-corrected chi connectivity index (χ4v) is 4.73. The number of unbranched alkanes of at least 4 members (excludes halogenated alkanes) is 2. The molecule has 0 fully saturated rings. The fourth-order valence-electron chi connectivity index (χ4n) is 4.15. The molecule has 3 amide bonds. The normalized spacial score (nSPS) is 12.8. The van der Waals surface area contributed by atoms with Gasteiger partial charge in [0, 0.05) is 35.7 Å². The van der Waals surface area contributed by atoms with Crippen molar-refractivity contribution in [3.8, 4) is 0 Å². The average Bonchev–Trinajstić information content (AvgIpc) is 3.36. The van der Waals surface area contributed by atoms with E-state index >= 15 is 0 Å². The van der Waals surface area contributed by atoms with E-state index in [4.69, 9.17) is 4.42 Å². The average molecular weight is 502 g/mol. The summed E-state index contributed by atoms with van der Waals surface area (Å²) in [5.74, 6) is 0.424. The molecule has 4 aromatic rings. The van der Waals surface area contributed by atoms with E-state index in [2.05, 4.69) is 20.5 Å². The molecule has 0 bridgehead atoms. The molecule has 0 radical (unpaired) electrons. The molecular weight excluding hydrogens is 478 g/mol. The number of nitrogens with one attached hydrogen (secondary N) is 1. The molecule has 0 saturated carbocycles. The molecule has 2 aromatic heterocycles. The van der Waals surface area contributed by atoms with Crippen molar-refractivity contribution in [1.29, 1.82) is 0 Å². The van der Waals surface area contributed by atoms with Gasteiger partial charge in [-0.05, 0) is 42.5 Å². The number of carbonyl (C=O) groups excluding carboxylic acids is 3. The molecule has 5 rings (SSSR count). The number of hydrogen-bond donors (Lipinski definition) is 1. The van der Waals surface area contributed by atoms with Crippen LogP contribution in [0.15, 0.2) is 70.4 Å². The summed E-state index contributed by atoms with van der Waals surface area (Å²) in [5, 5.41) is 12.7. The molecule has 0 atom stereocenters. The molecule has 1 N–H and O–H groups in total. The van der Waals surface area contributed by atoms with Gasteiger partial charge >= 0.3 is 0 Å². The van der Waals surface area contributed by atoms with Crippen LogP contribution in [0.25, 0.3) is 10.8 Å². The number of aryl methyl sites for hydroxylation is 1. The minimum Gasteiger partial charge on any atom is -0.416 e. The number of carbonyl (C=O) groups is 3. The maximum atomic E-state index is 13.0. The number of amides is 3. The maximum absolute atomic E-state index is 13.0. The van der Waals surface area contributed by atoms with Gasteiger partial charge in [0.1, 0.15) is 5.82 Å². The predicted octanol–water partition coefficient (Wildman–Crippen LogP) is 4.36. The molecule has 9 nitrogen and oxygen atoms in total. The van der Waals surface area contributed by atoms with Gasteiger partial charge in [0.15, 0.2) is 0 Å². The molecule has 10 heteroatoms. The van der Waals surface area contributed by atoms with Gasteiger partial charge in [0.05, 0.1) is 5.75 Å². The van der Waals surface area contributed by atoms with Gasteiger partial charge in [-0.2, -0.15) is 0 Å². The van der Waals surface area contributed by atoms with Gasteiger partial charge in [-0.15, -0.1) is 10.2 Å². The fraction of sp³-hybridized carbons (Fsp3) is 0.231. The second-order valence-electron chi connectivity index (χ2n) is 8.30. The SMILES string of the molecule is O=C(CSc1nnc(CCCCCN2C(=O)c3cccc4cccc(c34)C2=O)o1)Nc1ccccn1. The number of hydrogen-bond acceptors (Lipinski definition) is 8. The zero-order chi connectivity index (χ0) is 24.9. The smallest absolute Gasteiger partial charge is 0.277 e. The Kier molecular flexibility index (Phi) is 7.03. The predicted molar refractivity (Wildman–Crippen MR) is 135 cm³/mol. The van der Waals surface area contributed by atoms with Crippen molar-refractivity contribution in [3.63, 3.8) is 0 Å². The number of nitrogens with zero attached hydrogens (tertiary/aromatic N) is 4. The Morgan fingerprint density at radius 3 is 2.42 bits per heavy atom. The molecule has 0 unspecified atom stereocenters. The summed E-state index contributed by atoms with van der Waals surface area (Å²) in [6.45, 7) is 0.360. The van der Waals surface area contributed by atoms with E-state index in [1.54, 1.807) is 36.5 Å². The quantitative estimate of drug-likeness (QED) is 0.193. The number of aromatic nitrogens is 3. The summed E-state index contributed by atoms with van der Waals surface area (Å²) in [4.78, 5) is 43.3. The van der Waals surface area contributed by atoms with E-state index in [1.807, 2.05) is 24.3 Å². The molecule has 0 spiro atoms. The van der Waals surface area contributed by atoms with Crippen LogP contribution in [-0.4, -0.2) is 50.1 Å². The van der Waals surface area contributed by atoms with Crippen LogP contribution in [0.3, 0.4) is 0 Å². The Hall–Kier alpha value is -4.05. The Balaban J connectivity index is 1.06. The first-order chi connectivity index (χ1) is 17.6. The number of benzene rings is 2. The van der Waals surface area contributed by atoms with Crippen molar-refractivity contribution in [2.24, 2.45) is 0 Å². The van der Waals surface area contributed by atoms with Crippen LogP contribution in [0.5, 0.6) is 0 Å². The van der Waals surface area contributed by atoms with Crippen LogP contribution >= 0.6 is 11.8 Å². The van der Waals surface area contributed by atoms with Crippen molar-refractivity contribution in [2.75, 3.05) is 17.6 Å². The Morgan fingerprint density at radius 1 is 0.917 bits per heavy atom. The first-order valence-corrected chi connectivity index (χ1v) is 12.6. The number of pyridine rings is 1. The summed E-state index contributed by atoms with van der Waals surface area (Å²) in [6.07, 6.45) is 4.43. The lowest BCUT2D eigenvalue weighted by molar-refractivity contribution is -0.113. The van der Waals surface area contributed by atoms with Gasteiger partial charge in [-0.25, -0.2) is 4.98 Å². The van der Waals surface area contributed by atoms with Crippen LogP contribution in [-0.2, 0) is 11.2 Å². The lowest BCUT2D eigenvalue weighted by Crippen LogP contribution is -2.40. The minimum absolute atomic E-state index is 0.132. The third-order valence-electron chi connectivity index (χ3n) is 5.84. The summed E-state index contributed by atoms with van der Waals surface area (Å²) < 4.78 is 5.61. The molecule has 1 aliphatic heterocycles. The van der Waals surface area contributed by atoms with E-state index in [0.717, 1.165) is 35.4 Å². The van der Waals surface area contributed by atoms with Crippen LogP contribution < -0.4 is 5.32 Å².